The summed E-state index contributed by atoms with van der Waals surface area (Å²) in [6.07, 6.45) is 0.361. The number of benzene rings is 2. The summed E-state index contributed by atoms with van der Waals surface area (Å²) >= 11 is 12.4. The second kappa shape index (κ2) is 5.32. The lowest BCUT2D eigenvalue weighted by Crippen LogP contribution is -2.20. The van der Waals surface area contributed by atoms with Crippen LogP contribution in [0.1, 0.15) is 22.1 Å². The van der Waals surface area contributed by atoms with Gasteiger partial charge in [-0.15, -0.1) is 11.6 Å². The minimum atomic E-state index is -0.556. The fraction of sp³-hybridized carbons (Fsp3) is 0.188. The molecule has 108 valence electrons. The van der Waals surface area contributed by atoms with E-state index in [4.69, 9.17) is 23.2 Å². The summed E-state index contributed by atoms with van der Waals surface area (Å²) in [4.78, 5) is 13.3. The van der Waals surface area contributed by atoms with Crippen molar-refractivity contribution in [2.24, 2.45) is 0 Å². The van der Waals surface area contributed by atoms with E-state index in [0.717, 1.165) is 16.8 Å². The van der Waals surface area contributed by atoms with E-state index in [1.165, 1.54) is 6.07 Å². The average Bonchev–Trinajstić information content (AvgIpc) is 2.76. The van der Waals surface area contributed by atoms with Crippen molar-refractivity contribution in [2.45, 2.75) is 11.8 Å². The van der Waals surface area contributed by atoms with Gasteiger partial charge in [0.05, 0.1) is 16.8 Å². The van der Waals surface area contributed by atoms with Crippen LogP contribution in [0.15, 0.2) is 36.4 Å². The molecule has 2 nitrogen and oxygen atoms in total. The van der Waals surface area contributed by atoms with Gasteiger partial charge in [0.15, 0.2) is 0 Å². The molecule has 21 heavy (non-hydrogen) atoms. The summed E-state index contributed by atoms with van der Waals surface area (Å²) in [5, 5.41) is -0.522. The largest absolute Gasteiger partial charge is 0.315 e. The standard InChI is InChI=1S/C16H12Cl2FNO/c1-20-13-6-5-9(7-10(13)8-14(20)21)15(17)11-3-2-4-12(19)16(11)18/h2-7,15H,8H2,1H3. The van der Waals surface area contributed by atoms with E-state index in [0.29, 0.717) is 12.0 Å². The molecule has 0 fully saturated rings. The predicted octanol–water partition coefficient (Wildman–Crippen LogP) is 4.33. The zero-order valence-electron chi connectivity index (χ0n) is 11.2. The minimum absolute atomic E-state index is 0.0335. The van der Waals surface area contributed by atoms with Gasteiger partial charge in [-0.25, -0.2) is 4.39 Å². The van der Waals surface area contributed by atoms with E-state index >= 15 is 0 Å². The quantitative estimate of drug-likeness (QED) is 0.753. The fourth-order valence-corrected chi connectivity index (χ4v) is 3.15. The van der Waals surface area contributed by atoms with E-state index in [1.807, 2.05) is 18.2 Å². The first kappa shape index (κ1) is 14.4. The zero-order chi connectivity index (χ0) is 15.1. The molecule has 1 atom stereocenters. The Hall–Kier alpha value is -1.58. The molecule has 2 aromatic rings. The highest BCUT2D eigenvalue weighted by Crippen LogP contribution is 2.37. The van der Waals surface area contributed by atoms with E-state index in [1.54, 1.807) is 24.1 Å². The molecule has 1 unspecified atom stereocenters. The number of nitrogens with zero attached hydrogens (tertiary/aromatic N) is 1. The van der Waals surface area contributed by atoms with Crippen molar-refractivity contribution < 1.29 is 9.18 Å². The van der Waals surface area contributed by atoms with Crippen molar-refractivity contribution in [3.05, 3.63) is 63.9 Å². The Labute approximate surface area is 132 Å². The summed E-state index contributed by atoms with van der Waals surface area (Å²) in [7, 11) is 1.75. The molecule has 5 heteroatoms. The van der Waals surface area contributed by atoms with Crippen LogP contribution in [0, 0.1) is 5.82 Å². The molecule has 0 spiro atoms. The van der Waals surface area contributed by atoms with Crippen LogP contribution in [0.2, 0.25) is 5.02 Å². The maximum Gasteiger partial charge on any atom is 0.231 e. The molecule has 1 aliphatic rings. The Balaban J connectivity index is 2.00. The Morgan fingerprint density at radius 2 is 2.05 bits per heavy atom. The zero-order valence-corrected chi connectivity index (χ0v) is 12.7. The van der Waals surface area contributed by atoms with E-state index < -0.39 is 11.2 Å². The smallest absolute Gasteiger partial charge is 0.231 e. The van der Waals surface area contributed by atoms with Crippen LogP contribution in [0.4, 0.5) is 10.1 Å². The average molecular weight is 324 g/mol. The monoisotopic (exact) mass is 323 g/mol. The Kier molecular flexibility index (Phi) is 3.64. The van der Waals surface area contributed by atoms with Crippen LogP contribution in [0.5, 0.6) is 0 Å². The molecule has 0 saturated heterocycles. The van der Waals surface area contributed by atoms with Crippen LogP contribution >= 0.6 is 23.2 Å². The predicted molar refractivity (Wildman–Crippen MR) is 82.7 cm³/mol. The first-order valence-electron chi connectivity index (χ1n) is 6.46. The van der Waals surface area contributed by atoms with Crippen molar-refractivity contribution >= 4 is 34.8 Å². The normalized spacial score (nSPS) is 15.2. The Bertz CT molecular complexity index is 732. The van der Waals surface area contributed by atoms with E-state index in [2.05, 4.69) is 0 Å². The summed E-state index contributed by atoms with van der Waals surface area (Å²) < 4.78 is 13.5. The Morgan fingerprint density at radius 1 is 1.29 bits per heavy atom. The lowest BCUT2D eigenvalue weighted by molar-refractivity contribution is -0.117. The lowest BCUT2D eigenvalue weighted by Gasteiger charge is -2.15. The van der Waals surface area contributed by atoms with Crippen LogP contribution < -0.4 is 4.90 Å². The third-order valence-electron chi connectivity index (χ3n) is 3.73. The van der Waals surface area contributed by atoms with Gasteiger partial charge in [0, 0.05) is 12.7 Å². The second-order valence-electron chi connectivity index (χ2n) is 5.02. The number of anilines is 1. The van der Waals surface area contributed by atoms with Crippen molar-refractivity contribution in [3.63, 3.8) is 0 Å². The number of carbonyl (C=O) groups excluding carboxylic acids is 1. The molecule has 1 aliphatic heterocycles. The summed E-state index contributed by atoms with van der Waals surface area (Å²) in [5.74, 6) is -0.437. The number of hydrogen-bond donors (Lipinski definition) is 0. The molecular formula is C16H12Cl2FNO. The van der Waals surface area contributed by atoms with E-state index in [-0.39, 0.29) is 10.9 Å². The molecule has 0 aromatic heterocycles. The summed E-state index contributed by atoms with van der Waals surface area (Å²) in [5.41, 5.74) is 3.14. The van der Waals surface area contributed by atoms with Gasteiger partial charge in [0.2, 0.25) is 5.91 Å². The number of amides is 1. The van der Waals surface area contributed by atoms with Gasteiger partial charge in [-0.05, 0) is 28.8 Å². The first-order chi connectivity index (χ1) is 9.99. The van der Waals surface area contributed by atoms with Crippen molar-refractivity contribution in [3.8, 4) is 0 Å². The first-order valence-corrected chi connectivity index (χ1v) is 7.28. The topological polar surface area (TPSA) is 20.3 Å². The van der Waals surface area contributed by atoms with Gasteiger partial charge >= 0.3 is 0 Å². The maximum atomic E-state index is 13.5. The van der Waals surface area contributed by atoms with Crippen LogP contribution in [0.25, 0.3) is 0 Å². The third kappa shape index (κ3) is 2.41. The molecular weight excluding hydrogens is 312 g/mol. The molecule has 1 heterocycles. The van der Waals surface area contributed by atoms with Crippen LogP contribution in [0.3, 0.4) is 0 Å². The number of hydrogen-bond acceptors (Lipinski definition) is 1. The van der Waals surface area contributed by atoms with Crippen molar-refractivity contribution in [2.75, 3.05) is 11.9 Å². The van der Waals surface area contributed by atoms with Gasteiger partial charge in [-0.2, -0.15) is 0 Å². The highest BCUT2D eigenvalue weighted by molar-refractivity contribution is 6.33. The fourth-order valence-electron chi connectivity index (χ4n) is 2.54. The second-order valence-corrected chi connectivity index (χ2v) is 5.84. The van der Waals surface area contributed by atoms with Crippen LogP contribution in [-0.2, 0) is 11.2 Å². The van der Waals surface area contributed by atoms with Gasteiger partial charge in [-0.3, -0.25) is 4.79 Å². The number of rotatable bonds is 2. The number of halogens is 3. The highest BCUT2D eigenvalue weighted by Gasteiger charge is 2.25. The lowest BCUT2D eigenvalue weighted by atomic mass is 10.0. The molecule has 0 aliphatic carbocycles. The SMILES string of the molecule is CN1C(=O)Cc2cc(C(Cl)c3cccc(F)c3Cl)ccc21. The summed E-state index contributed by atoms with van der Waals surface area (Å²) in [6.45, 7) is 0. The number of alkyl halides is 1. The van der Waals surface area contributed by atoms with Crippen molar-refractivity contribution in [1.82, 2.24) is 0 Å². The molecule has 0 saturated carbocycles. The molecule has 0 bridgehead atoms. The van der Waals surface area contributed by atoms with Gasteiger partial charge in [-0.1, -0.05) is 35.9 Å². The number of carbonyl (C=O) groups is 1. The third-order valence-corrected chi connectivity index (χ3v) is 4.61. The molecule has 1 amide bonds. The maximum absolute atomic E-state index is 13.5. The molecule has 0 radical (unpaired) electrons. The van der Waals surface area contributed by atoms with Gasteiger partial charge < -0.3 is 4.90 Å². The van der Waals surface area contributed by atoms with Crippen molar-refractivity contribution in [1.29, 1.82) is 0 Å². The van der Waals surface area contributed by atoms with E-state index in [9.17, 15) is 9.18 Å². The van der Waals surface area contributed by atoms with Gasteiger partial charge in [0.25, 0.3) is 0 Å². The van der Waals surface area contributed by atoms with Gasteiger partial charge in [0.1, 0.15) is 5.82 Å². The Morgan fingerprint density at radius 3 is 2.81 bits per heavy atom. The highest BCUT2D eigenvalue weighted by atomic mass is 35.5. The summed E-state index contributed by atoms with van der Waals surface area (Å²) in [6, 6.07) is 10.2. The number of likely N-dealkylation sites (N-methyl/N-ethyl adjacent to an activating group) is 1. The van der Waals surface area contributed by atoms with Crippen LogP contribution in [-0.4, -0.2) is 13.0 Å². The minimum Gasteiger partial charge on any atom is -0.315 e. The molecule has 2 aromatic carbocycles. The molecule has 0 N–H and O–H groups in total. The number of fused-ring (bicyclic) bond motifs is 1. The molecule has 3 rings (SSSR count).